The average molecular weight is 1830 g/mol. The zero-order chi connectivity index (χ0) is 90.0. The molecule has 0 unspecified atom stereocenters. The van der Waals surface area contributed by atoms with Gasteiger partial charge in [-0.05, 0) is 180 Å². The average Bonchev–Trinajstić information content (AvgIpc) is 1.53. The van der Waals surface area contributed by atoms with Gasteiger partial charge in [-0.15, -0.1) is 34.0 Å². The van der Waals surface area contributed by atoms with Crippen LogP contribution in [0.15, 0.2) is 401 Å². The van der Waals surface area contributed by atoms with Crippen LogP contribution in [0, 0.1) is 0 Å². The van der Waals surface area contributed by atoms with Crippen LogP contribution < -0.4 is 0 Å². The summed E-state index contributed by atoms with van der Waals surface area (Å²) in [5.41, 5.74) is 28.7. The van der Waals surface area contributed by atoms with E-state index in [4.69, 9.17) is 29.9 Å². The summed E-state index contributed by atoms with van der Waals surface area (Å²) < 4.78 is 30.8. The molecule has 16 heterocycles. The highest BCUT2D eigenvalue weighted by atomic mass is 32.1. The number of thiophene rings is 3. The van der Waals surface area contributed by atoms with E-state index in [2.05, 4.69) is 427 Å². The van der Waals surface area contributed by atoms with Crippen LogP contribution in [0.4, 0.5) is 0 Å². The first-order chi connectivity index (χ1) is 69.0. The number of para-hydroxylation sites is 14. The molecule has 19 heteroatoms. The van der Waals surface area contributed by atoms with E-state index >= 15 is 0 Å². The van der Waals surface area contributed by atoms with Crippen LogP contribution in [-0.2, 0) is 0 Å². The van der Waals surface area contributed by atoms with Crippen molar-refractivity contribution in [3.05, 3.63) is 401 Å². The van der Waals surface area contributed by atoms with Crippen LogP contribution in [0.25, 0.3) is 294 Å². The zero-order valence-electron chi connectivity index (χ0n) is 73.5. The van der Waals surface area contributed by atoms with Crippen molar-refractivity contribution in [3.8, 4) is 62.5 Å². The monoisotopic (exact) mass is 1830 g/mol. The number of fused-ring (bicyclic) bond motifs is 36. The standard InChI is InChI=1S/C120H66N16S3/c1-10-35-87-71(24-1)72-25-2-11-36-88(72)127(87)97-44-21-31-78-79-32-22-45-98(128-89-37-12-3-26-73(89)74-27-4-13-38-90(74)128)109(79)135(108(78)97)116-113-82(60-62-122-116)77-53-50-68(66-106(77)139-113)67-51-55-86-102(64-67)133-100-47-23-46-99(110(100)136(120(133)126-86)117-114-81(59-63-123-117)76-29-7-20-49-105(76)138-114)132-96-56-52-69(65-103(96)130-93-41-16-9-34-85(93)125-119(130)132)70-54-57-101(131-95-43-18-17-42-94(95)129-92-40-15-8-33-84(92)124-118(129)131)111-107(70)83-30-5-14-39-91(83)134(111)115-112-80(58-61-121-115)75-28-6-19-48-104(75)137-112/h1-66H. The smallest absolute Gasteiger partial charge is 0.222 e. The summed E-state index contributed by atoms with van der Waals surface area (Å²) >= 11 is 5.37. The van der Waals surface area contributed by atoms with Gasteiger partial charge in [0.15, 0.2) is 17.5 Å². The summed E-state index contributed by atoms with van der Waals surface area (Å²) in [4.78, 5) is 33.6. The summed E-state index contributed by atoms with van der Waals surface area (Å²) in [5, 5.41) is 16.3. The summed E-state index contributed by atoms with van der Waals surface area (Å²) in [5.74, 6) is 4.86. The van der Waals surface area contributed by atoms with E-state index in [1.807, 2.05) is 29.9 Å². The lowest BCUT2D eigenvalue weighted by atomic mass is 9.98. The van der Waals surface area contributed by atoms with Crippen molar-refractivity contribution in [3.63, 3.8) is 0 Å². The Labute approximate surface area is 797 Å². The summed E-state index contributed by atoms with van der Waals surface area (Å²) in [7, 11) is 0. The van der Waals surface area contributed by atoms with Gasteiger partial charge in [0.05, 0.1) is 147 Å². The molecule has 0 aliphatic rings. The van der Waals surface area contributed by atoms with Crippen molar-refractivity contribution in [2.24, 2.45) is 0 Å². The van der Waals surface area contributed by atoms with Gasteiger partial charge < -0.3 is 9.13 Å². The Kier molecular flexibility index (Phi) is 14.6. The lowest BCUT2D eigenvalue weighted by molar-refractivity contribution is 1.04. The first kappa shape index (κ1) is 74.3. The second kappa shape index (κ2) is 27.3. The maximum atomic E-state index is 5.80. The quantitative estimate of drug-likeness (QED) is 0.142. The molecule has 644 valence electrons. The molecule has 0 radical (unpaired) electrons. The third-order valence-corrected chi connectivity index (χ3v) is 33.0. The Bertz CT molecular complexity index is 11100. The number of aromatic nitrogens is 16. The Morgan fingerprint density at radius 2 is 0.561 bits per heavy atom. The Morgan fingerprint density at radius 3 is 1.13 bits per heavy atom. The highest BCUT2D eigenvalue weighted by Crippen LogP contribution is 2.52. The summed E-state index contributed by atoms with van der Waals surface area (Å²) in [6.07, 6.45) is 5.97. The third-order valence-electron chi connectivity index (χ3n) is 29.5. The van der Waals surface area contributed by atoms with Crippen molar-refractivity contribution in [2.45, 2.75) is 0 Å². The van der Waals surface area contributed by atoms with Gasteiger partial charge in [0.2, 0.25) is 17.3 Å². The van der Waals surface area contributed by atoms with E-state index < -0.39 is 0 Å². The number of imidazole rings is 6. The number of hydrogen-bond donors (Lipinski definition) is 0. The molecule has 0 aliphatic carbocycles. The summed E-state index contributed by atoms with van der Waals surface area (Å²) in [6.45, 7) is 0. The van der Waals surface area contributed by atoms with Crippen LogP contribution in [0.1, 0.15) is 0 Å². The minimum Gasteiger partial charge on any atom is -0.307 e. The molecule has 0 amide bonds. The zero-order valence-corrected chi connectivity index (χ0v) is 75.9. The molecule has 0 N–H and O–H groups in total. The Balaban J connectivity index is 0.596. The molecule has 0 bridgehead atoms. The molecule has 139 heavy (non-hydrogen) atoms. The molecule has 16 nitrogen and oxygen atoms in total. The van der Waals surface area contributed by atoms with Crippen molar-refractivity contribution >= 4 is 265 Å². The minimum absolute atomic E-state index is 0.739. The first-order valence-corrected chi connectivity index (χ1v) is 49.2. The van der Waals surface area contributed by atoms with E-state index in [1.165, 1.54) is 47.1 Å². The van der Waals surface area contributed by atoms with Gasteiger partial charge in [-0.25, -0.2) is 29.9 Å². The van der Waals surface area contributed by atoms with Gasteiger partial charge in [-0.1, -0.05) is 224 Å². The van der Waals surface area contributed by atoms with Crippen molar-refractivity contribution in [2.75, 3.05) is 0 Å². The van der Waals surface area contributed by atoms with E-state index in [1.54, 1.807) is 22.7 Å². The lowest BCUT2D eigenvalue weighted by Crippen LogP contribution is -2.04. The number of pyridine rings is 3. The van der Waals surface area contributed by atoms with Crippen LogP contribution in [0.5, 0.6) is 0 Å². The molecule has 33 aromatic rings. The molecular formula is C120H66N16S3. The molecule has 0 atom stereocenters. The first-order valence-electron chi connectivity index (χ1n) is 46.7. The van der Waals surface area contributed by atoms with E-state index in [9.17, 15) is 0 Å². The Morgan fingerprint density at radius 1 is 0.187 bits per heavy atom. The molecule has 17 aromatic carbocycles. The molecule has 0 fully saturated rings. The van der Waals surface area contributed by atoms with Crippen LogP contribution in [0.2, 0.25) is 0 Å². The third kappa shape index (κ3) is 9.82. The molecule has 0 spiro atoms. The lowest BCUT2D eigenvalue weighted by Gasteiger charge is -2.16. The number of rotatable bonds is 9. The van der Waals surface area contributed by atoms with Gasteiger partial charge in [0.25, 0.3) is 0 Å². The maximum Gasteiger partial charge on any atom is 0.222 e. The van der Waals surface area contributed by atoms with E-state index in [0.717, 1.165) is 247 Å². The predicted molar refractivity (Wildman–Crippen MR) is 576 cm³/mol. The molecular weight excluding hydrogens is 1760 g/mol. The highest BCUT2D eigenvalue weighted by Gasteiger charge is 2.33. The highest BCUT2D eigenvalue weighted by molar-refractivity contribution is 7.27. The van der Waals surface area contributed by atoms with Gasteiger partial charge >= 0.3 is 0 Å². The van der Waals surface area contributed by atoms with Gasteiger partial charge in [0.1, 0.15) is 0 Å². The van der Waals surface area contributed by atoms with Crippen molar-refractivity contribution < 1.29 is 0 Å². The van der Waals surface area contributed by atoms with Gasteiger partial charge in [0, 0.05) is 108 Å². The Hall–Kier alpha value is -18.1. The molecule has 16 aromatic heterocycles. The molecule has 0 aliphatic heterocycles. The SMILES string of the molecule is c1ccc2c(c1)nc1n(-c3ccc(-c4ccc5c(c4)n4c6ccccc6nc4n5-c4cccc5c4n(-c4nccc6c4sc4ccccc46)c4nc6ccc(-c7ccc8c(c7)sc7c(-n9c%10c(-n%11c%12ccccc%12c%12ccccc%12%11)cccc%10c%10cccc(-n%11c%12ccccc%12c%12ccccc%12%11)c%109)nccc78)cc6n54)c4c5ccccc5n(-c5nccc6c5sc5ccccc56)c34)c3ccccc3n21. The minimum atomic E-state index is 0.739. The van der Waals surface area contributed by atoms with Crippen LogP contribution >= 0.6 is 34.0 Å². The molecule has 33 rings (SSSR count). The van der Waals surface area contributed by atoms with Crippen LogP contribution in [0.3, 0.4) is 0 Å². The van der Waals surface area contributed by atoms with Gasteiger partial charge in [-0.3, -0.25) is 36.0 Å². The summed E-state index contributed by atoms with van der Waals surface area (Å²) in [6, 6.07) is 140. The number of benzene rings is 17. The topological polar surface area (TPSA) is 125 Å². The maximum absolute atomic E-state index is 5.80. The van der Waals surface area contributed by atoms with E-state index in [-0.39, 0.29) is 0 Å². The second-order valence-corrected chi connectivity index (χ2v) is 39.6. The van der Waals surface area contributed by atoms with Gasteiger partial charge in [-0.2, -0.15) is 0 Å². The fraction of sp³-hybridized carbons (Fsp3) is 0. The molecule has 0 saturated carbocycles. The van der Waals surface area contributed by atoms with E-state index in [0.29, 0.717) is 0 Å². The largest absolute Gasteiger partial charge is 0.307 e. The normalized spacial score (nSPS) is 12.6. The fourth-order valence-electron chi connectivity index (χ4n) is 23.8. The molecule has 0 saturated heterocycles. The second-order valence-electron chi connectivity index (χ2n) is 36.4. The number of nitrogens with zero attached hydrogens (tertiary/aromatic N) is 16. The van der Waals surface area contributed by atoms with Crippen molar-refractivity contribution in [1.29, 1.82) is 0 Å². The fourth-order valence-corrected chi connectivity index (χ4v) is 27.4. The van der Waals surface area contributed by atoms with Crippen molar-refractivity contribution in [1.82, 2.24) is 75.1 Å². The predicted octanol–water partition coefficient (Wildman–Crippen LogP) is 30.9. The van der Waals surface area contributed by atoms with Crippen LogP contribution in [-0.4, -0.2) is 75.1 Å². The number of hydrogen-bond acceptors (Lipinski definition) is 9.